The number of hydrogen-bond donors (Lipinski definition) is 0. The average molecular weight is 407 g/mol. The van der Waals surface area contributed by atoms with Gasteiger partial charge in [0.25, 0.3) is 0 Å². The number of allylic oxidation sites excluding steroid dienone is 1. The Morgan fingerprint density at radius 2 is 2.07 bits per heavy atom. The van der Waals surface area contributed by atoms with Crippen LogP contribution in [-0.2, 0) is 4.74 Å². The van der Waals surface area contributed by atoms with Gasteiger partial charge in [-0.1, -0.05) is 54.1 Å². The number of benzene rings is 3. The quantitative estimate of drug-likeness (QED) is 0.397. The SMILES string of the molecule is CCO/C=N/C1=C(C#N)C(c2ccc(F)c(Cl)c2)c2ccc3ccccc3c2O1. The Kier molecular flexibility index (Phi) is 5.20. The van der Waals surface area contributed by atoms with Crippen molar-refractivity contribution in [2.45, 2.75) is 12.8 Å². The fraction of sp³-hybridized carbons (Fsp3) is 0.130. The summed E-state index contributed by atoms with van der Waals surface area (Å²) in [6, 6.07) is 18.3. The van der Waals surface area contributed by atoms with Gasteiger partial charge < -0.3 is 9.47 Å². The van der Waals surface area contributed by atoms with Gasteiger partial charge in [0.15, 0.2) is 6.40 Å². The Balaban J connectivity index is 1.98. The molecule has 1 unspecified atom stereocenters. The maximum absolute atomic E-state index is 13.8. The van der Waals surface area contributed by atoms with Crippen molar-refractivity contribution in [1.29, 1.82) is 5.26 Å². The van der Waals surface area contributed by atoms with Crippen LogP contribution in [0, 0.1) is 17.1 Å². The van der Waals surface area contributed by atoms with E-state index >= 15 is 0 Å². The highest BCUT2D eigenvalue weighted by Gasteiger charge is 2.33. The number of halogens is 2. The average Bonchev–Trinajstić information content (AvgIpc) is 2.74. The molecule has 0 N–H and O–H groups in total. The lowest BCUT2D eigenvalue weighted by atomic mass is 9.82. The number of nitrogens with zero attached hydrogens (tertiary/aromatic N) is 2. The number of nitriles is 1. The van der Waals surface area contributed by atoms with Crippen LogP contribution in [0.4, 0.5) is 4.39 Å². The molecule has 29 heavy (non-hydrogen) atoms. The standard InChI is InChI=1S/C23H16ClFN2O2/c1-2-28-13-27-23-18(12-26)21(15-8-10-20(25)19(24)11-15)17-9-7-14-5-3-4-6-16(14)22(17)29-23/h3-11,13,21H,2H2,1H3/b27-13+. The molecule has 6 heteroatoms. The summed E-state index contributed by atoms with van der Waals surface area (Å²) in [6.07, 6.45) is 1.26. The molecular formula is C23H16ClFN2O2. The molecule has 1 aliphatic heterocycles. The largest absolute Gasteiger partial charge is 0.483 e. The van der Waals surface area contributed by atoms with E-state index in [1.807, 2.05) is 43.3 Å². The second kappa shape index (κ2) is 7.94. The minimum Gasteiger partial charge on any atom is -0.483 e. The first kappa shape index (κ1) is 19.0. The van der Waals surface area contributed by atoms with Crippen molar-refractivity contribution in [1.82, 2.24) is 0 Å². The maximum Gasteiger partial charge on any atom is 0.236 e. The van der Waals surface area contributed by atoms with Crippen molar-refractivity contribution in [3.05, 3.63) is 88.0 Å². The smallest absolute Gasteiger partial charge is 0.236 e. The molecule has 1 aliphatic rings. The Hall–Kier alpha value is -3.36. The van der Waals surface area contributed by atoms with Gasteiger partial charge in [-0.3, -0.25) is 0 Å². The molecule has 1 heterocycles. The number of fused-ring (bicyclic) bond motifs is 3. The Labute approximate surface area is 172 Å². The third-order valence-electron chi connectivity index (χ3n) is 4.75. The van der Waals surface area contributed by atoms with Crippen molar-refractivity contribution < 1.29 is 13.9 Å². The Morgan fingerprint density at radius 3 is 2.83 bits per heavy atom. The summed E-state index contributed by atoms with van der Waals surface area (Å²) in [4.78, 5) is 4.23. The molecular weight excluding hydrogens is 391 g/mol. The highest BCUT2D eigenvalue weighted by Crippen LogP contribution is 2.46. The molecule has 0 fully saturated rings. The molecule has 0 radical (unpaired) electrons. The Bertz CT molecular complexity index is 1200. The van der Waals surface area contributed by atoms with Crippen LogP contribution < -0.4 is 4.74 Å². The van der Waals surface area contributed by atoms with E-state index in [0.717, 1.165) is 16.3 Å². The van der Waals surface area contributed by atoms with E-state index in [9.17, 15) is 9.65 Å². The summed E-state index contributed by atoms with van der Waals surface area (Å²) in [7, 11) is 0. The fourth-order valence-corrected chi connectivity index (χ4v) is 3.63. The molecule has 0 aromatic heterocycles. The van der Waals surface area contributed by atoms with E-state index < -0.39 is 11.7 Å². The highest BCUT2D eigenvalue weighted by atomic mass is 35.5. The summed E-state index contributed by atoms with van der Waals surface area (Å²) >= 11 is 6.03. The lowest BCUT2D eigenvalue weighted by Crippen LogP contribution is -2.16. The lowest BCUT2D eigenvalue weighted by Gasteiger charge is -2.27. The second-order valence-electron chi connectivity index (χ2n) is 6.43. The molecule has 0 saturated heterocycles. The van der Waals surface area contributed by atoms with Crippen LogP contribution in [0.3, 0.4) is 0 Å². The van der Waals surface area contributed by atoms with Gasteiger partial charge in [0.1, 0.15) is 23.2 Å². The highest BCUT2D eigenvalue weighted by molar-refractivity contribution is 6.30. The number of aliphatic imine (C=N–C) groups is 1. The predicted octanol–water partition coefficient (Wildman–Crippen LogP) is 5.96. The van der Waals surface area contributed by atoms with Crippen molar-refractivity contribution >= 4 is 28.8 Å². The van der Waals surface area contributed by atoms with Crippen LogP contribution in [0.1, 0.15) is 24.0 Å². The van der Waals surface area contributed by atoms with Crippen molar-refractivity contribution in [3.63, 3.8) is 0 Å². The molecule has 4 rings (SSSR count). The summed E-state index contributed by atoms with van der Waals surface area (Å²) in [5.74, 6) is -0.259. The first-order valence-electron chi connectivity index (χ1n) is 9.07. The Morgan fingerprint density at radius 1 is 1.24 bits per heavy atom. The second-order valence-corrected chi connectivity index (χ2v) is 6.84. The molecule has 1 atom stereocenters. The van der Waals surface area contributed by atoms with Gasteiger partial charge in [-0.15, -0.1) is 0 Å². The monoisotopic (exact) mass is 406 g/mol. The molecule has 4 nitrogen and oxygen atoms in total. The lowest BCUT2D eigenvalue weighted by molar-refractivity contribution is 0.336. The zero-order chi connectivity index (χ0) is 20.4. The van der Waals surface area contributed by atoms with Crippen molar-refractivity contribution in [2.75, 3.05) is 6.61 Å². The molecule has 144 valence electrons. The molecule has 0 saturated carbocycles. The number of ether oxygens (including phenoxy) is 2. The third-order valence-corrected chi connectivity index (χ3v) is 5.04. The van der Waals surface area contributed by atoms with Crippen LogP contribution in [0.2, 0.25) is 5.02 Å². The predicted molar refractivity (Wildman–Crippen MR) is 111 cm³/mol. The topological polar surface area (TPSA) is 54.6 Å². The van der Waals surface area contributed by atoms with E-state index in [1.165, 1.54) is 18.5 Å². The number of hydrogen-bond acceptors (Lipinski definition) is 4. The van der Waals surface area contributed by atoms with Crippen LogP contribution in [0.5, 0.6) is 5.75 Å². The van der Waals surface area contributed by atoms with Crippen LogP contribution in [-0.4, -0.2) is 13.0 Å². The van der Waals surface area contributed by atoms with Gasteiger partial charge in [-0.25, -0.2) is 4.39 Å². The zero-order valence-corrected chi connectivity index (χ0v) is 16.3. The molecule has 0 aliphatic carbocycles. The summed E-state index contributed by atoms with van der Waals surface area (Å²) in [6.45, 7) is 2.27. The molecule has 0 amide bonds. The van der Waals surface area contributed by atoms with Gasteiger partial charge >= 0.3 is 0 Å². The third kappa shape index (κ3) is 3.43. The number of rotatable bonds is 4. The first-order valence-corrected chi connectivity index (χ1v) is 9.44. The van der Waals surface area contributed by atoms with Crippen LogP contribution in [0.25, 0.3) is 10.8 Å². The van der Waals surface area contributed by atoms with Crippen molar-refractivity contribution in [2.24, 2.45) is 4.99 Å². The zero-order valence-electron chi connectivity index (χ0n) is 15.5. The summed E-state index contributed by atoms with van der Waals surface area (Å²) in [5.41, 5.74) is 1.77. The van der Waals surface area contributed by atoms with Crippen LogP contribution >= 0.6 is 11.6 Å². The molecule has 0 bridgehead atoms. The first-order chi connectivity index (χ1) is 14.1. The van der Waals surface area contributed by atoms with E-state index in [1.54, 1.807) is 6.07 Å². The van der Waals surface area contributed by atoms with Gasteiger partial charge in [-0.05, 0) is 30.0 Å². The van der Waals surface area contributed by atoms with E-state index in [0.29, 0.717) is 23.5 Å². The van der Waals surface area contributed by atoms with Gasteiger partial charge in [0.05, 0.1) is 17.5 Å². The molecule has 3 aromatic carbocycles. The van der Waals surface area contributed by atoms with Crippen LogP contribution in [0.15, 0.2) is 71.0 Å². The minimum absolute atomic E-state index is 0.00649. The fourth-order valence-electron chi connectivity index (χ4n) is 3.44. The summed E-state index contributed by atoms with van der Waals surface area (Å²) < 4.78 is 25.0. The summed E-state index contributed by atoms with van der Waals surface area (Å²) in [5, 5.41) is 11.8. The van der Waals surface area contributed by atoms with E-state index in [-0.39, 0.29) is 10.9 Å². The van der Waals surface area contributed by atoms with Gasteiger partial charge in [-0.2, -0.15) is 10.3 Å². The maximum atomic E-state index is 13.8. The van der Waals surface area contributed by atoms with Gasteiger partial charge in [0, 0.05) is 10.9 Å². The van der Waals surface area contributed by atoms with Crippen molar-refractivity contribution in [3.8, 4) is 11.8 Å². The molecule has 3 aromatic rings. The van der Waals surface area contributed by atoms with E-state index in [2.05, 4.69) is 11.1 Å². The molecule has 0 spiro atoms. The normalized spacial score (nSPS) is 15.9. The van der Waals surface area contributed by atoms with Gasteiger partial charge in [0.2, 0.25) is 5.88 Å². The van der Waals surface area contributed by atoms with E-state index in [4.69, 9.17) is 21.1 Å². The minimum atomic E-state index is -0.515.